The van der Waals surface area contributed by atoms with Gasteiger partial charge in [0.1, 0.15) is 0 Å². The monoisotopic (exact) mass is 215 g/mol. The van der Waals surface area contributed by atoms with Gasteiger partial charge in [0.15, 0.2) is 0 Å². The molecule has 0 bridgehead atoms. The first-order chi connectivity index (χ1) is 7.28. The molecule has 0 saturated carbocycles. The van der Waals surface area contributed by atoms with Crippen LogP contribution in [-0.4, -0.2) is 25.8 Å². The highest BCUT2D eigenvalue weighted by Crippen LogP contribution is 2.08. The normalized spacial score (nSPS) is 15.2. The molecule has 0 aromatic heterocycles. The van der Waals surface area contributed by atoms with E-state index in [4.69, 9.17) is 4.74 Å². The molecule has 92 valence electrons. The van der Waals surface area contributed by atoms with E-state index in [-0.39, 0.29) is 0 Å². The van der Waals surface area contributed by atoms with E-state index in [1.165, 1.54) is 32.1 Å². The maximum Gasteiger partial charge on any atom is 0.0615 e. The summed E-state index contributed by atoms with van der Waals surface area (Å²) >= 11 is 0. The molecule has 0 spiro atoms. The zero-order chi connectivity index (χ0) is 11.5. The minimum Gasteiger partial charge on any atom is -0.383 e. The smallest absolute Gasteiger partial charge is 0.0615 e. The predicted molar refractivity (Wildman–Crippen MR) is 67.3 cm³/mol. The predicted octanol–water partition coefficient (Wildman–Crippen LogP) is 3.36. The lowest BCUT2D eigenvalue weighted by Crippen LogP contribution is -2.40. The molecule has 0 heterocycles. The van der Waals surface area contributed by atoms with Gasteiger partial charge in [0.05, 0.1) is 6.61 Å². The molecule has 0 aliphatic carbocycles. The lowest BCUT2D eigenvalue weighted by atomic mass is 10.0. The van der Waals surface area contributed by atoms with Crippen LogP contribution in [0.5, 0.6) is 0 Å². The van der Waals surface area contributed by atoms with Crippen LogP contribution in [0, 0.1) is 0 Å². The van der Waals surface area contributed by atoms with Gasteiger partial charge in [-0.15, -0.1) is 0 Å². The zero-order valence-corrected chi connectivity index (χ0v) is 11.0. The van der Waals surface area contributed by atoms with Gasteiger partial charge < -0.3 is 10.1 Å². The Morgan fingerprint density at radius 3 is 2.20 bits per heavy atom. The third-order valence-corrected chi connectivity index (χ3v) is 2.88. The van der Waals surface area contributed by atoms with Crippen LogP contribution in [0.2, 0.25) is 0 Å². The Kier molecular flexibility index (Phi) is 10.4. The van der Waals surface area contributed by atoms with Crippen LogP contribution in [-0.2, 0) is 4.74 Å². The molecule has 0 aromatic rings. The largest absolute Gasteiger partial charge is 0.383 e. The van der Waals surface area contributed by atoms with Gasteiger partial charge in [-0.3, -0.25) is 0 Å². The molecule has 0 rings (SSSR count). The van der Waals surface area contributed by atoms with Crippen molar-refractivity contribution in [1.29, 1.82) is 0 Å². The molecule has 0 amide bonds. The van der Waals surface area contributed by atoms with Crippen molar-refractivity contribution in [1.82, 2.24) is 5.32 Å². The molecule has 0 aromatic carbocycles. The quantitative estimate of drug-likeness (QED) is 0.603. The van der Waals surface area contributed by atoms with Crippen molar-refractivity contribution in [3.05, 3.63) is 0 Å². The average Bonchev–Trinajstić information content (AvgIpc) is 2.25. The summed E-state index contributed by atoms with van der Waals surface area (Å²) in [4.78, 5) is 0. The molecule has 1 N–H and O–H groups in total. The number of ether oxygens (including phenoxy) is 1. The summed E-state index contributed by atoms with van der Waals surface area (Å²) in [5.41, 5.74) is 0. The second-order valence-electron chi connectivity index (χ2n) is 4.36. The van der Waals surface area contributed by atoms with Crippen LogP contribution < -0.4 is 5.32 Å². The molecule has 0 aliphatic heterocycles. The Morgan fingerprint density at radius 2 is 1.73 bits per heavy atom. The van der Waals surface area contributed by atoms with Crippen LogP contribution in [0.15, 0.2) is 0 Å². The maximum absolute atomic E-state index is 5.22. The summed E-state index contributed by atoms with van der Waals surface area (Å²) in [5.74, 6) is 0. The highest BCUT2D eigenvalue weighted by atomic mass is 16.5. The average molecular weight is 215 g/mol. The first kappa shape index (κ1) is 14.9. The molecular formula is C13H29NO. The Hall–Kier alpha value is -0.0800. The number of rotatable bonds is 10. The first-order valence-electron chi connectivity index (χ1n) is 6.53. The van der Waals surface area contributed by atoms with Crippen molar-refractivity contribution < 1.29 is 4.74 Å². The second-order valence-corrected chi connectivity index (χ2v) is 4.36. The number of hydrogen-bond donors (Lipinski definition) is 1. The summed E-state index contributed by atoms with van der Waals surface area (Å²) in [6.07, 6.45) is 7.65. The van der Waals surface area contributed by atoms with Gasteiger partial charge in [-0.25, -0.2) is 0 Å². The third kappa shape index (κ3) is 7.80. The van der Waals surface area contributed by atoms with Crippen LogP contribution in [0.1, 0.15) is 59.3 Å². The number of hydrogen-bond acceptors (Lipinski definition) is 2. The van der Waals surface area contributed by atoms with Gasteiger partial charge in [0, 0.05) is 19.2 Å². The first-order valence-corrected chi connectivity index (χ1v) is 6.53. The van der Waals surface area contributed by atoms with E-state index in [1.54, 1.807) is 7.11 Å². The molecule has 2 heteroatoms. The van der Waals surface area contributed by atoms with Crippen LogP contribution in [0.25, 0.3) is 0 Å². The number of nitrogens with one attached hydrogen (secondary N) is 1. The fourth-order valence-electron chi connectivity index (χ4n) is 1.93. The van der Waals surface area contributed by atoms with Gasteiger partial charge in [0.25, 0.3) is 0 Å². The Morgan fingerprint density at radius 1 is 1.00 bits per heavy atom. The summed E-state index contributed by atoms with van der Waals surface area (Å²) in [6.45, 7) is 7.58. The molecule has 2 unspecified atom stereocenters. The van der Waals surface area contributed by atoms with Crippen LogP contribution in [0.4, 0.5) is 0 Å². The topological polar surface area (TPSA) is 21.3 Å². The molecule has 0 fully saturated rings. The lowest BCUT2D eigenvalue weighted by molar-refractivity contribution is 0.156. The molecular weight excluding hydrogens is 186 g/mol. The van der Waals surface area contributed by atoms with Gasteiger partial charge in [-0.2, -0.15) is 0 Å². The van der Waals surface area contributed by atoms with Gasteiger partial charge >= 0.3 is 0 Å². The SMILES string of the molecule is CCCCC(CCC)NC(CC)COC. The number of unbranched alkanes of at least 4 members (excludes halogenated alkanes) is 1. The van der Waals surface area contributed by atoms with Crippen LogP contribution >= 0.6 is 0 Å². The zero-order valence-electron chi connectivity index (χ0n) is 11.0. The van der Waals surface area contributed by atoms with Gasteiger partial charge in [-0.05, 0) is 19.3 Å². The maximum atomic E-state index is 5.22. The lowest BCUT2D eigenvalue weighted by Gasteiger charge is -2.24. The molecule has 0 aliphatic rings. The minimum absolute atomic E-state index is 0.531. The highest BCUT2D eigenvalue weighted by Gasteiger charge is 2.12. The van der Waals surface area contributed by atoms with Gasteiger partial charge in [0.2, 0.25) is 0 Å². The van der Waals surface area contributed by atoms with Crippen molar-refractivity contribution in [2.75, 3.05) is 13.7 Å². The van der Waals surface area contributed by atoms with E-state index in [9.17, 15) is 0 Å². The van der Waals surface area contributed by atoms with E-state index < -0.39 is 0 Å². The standard InChI is InChI=1S/C13H29NO/c1-5-8-10-13(9-6-2)14-12(7-3)11-15-4/h12-14H,5-11H2,1-4H3. The van der Waals surface area contributed by atoms with Crippen molar-refractivity contribution >= 4 is 0 Å². The molecule has 15 heavy (non-hydrogen) atoms. The van der Waals surface area contributed by atoms with Crippen LogP contribution in [0.3, 0.4) is 0 Å². The van der Waals surface area contributed by atoms with E-state index in [0.29, 0.717) is 12.1 Å². The Bertz CT molecular complexity index is 128. The minimum atomic E-state index is 0.531. The second kappa shape index (κ2) is 10.4. The molecule has 2 atom stereocenters. The van der Waals surface area contributed by atoms with E-state index in [2.05, 4.69) is 26.1 Å². The van der Waals surface area contributed by atoms with E-state index in [1.807, 2.05) is 0 Å². The fraction of sp³-hybridized carbons (Fsp3) is 1.00. The van der Waals surface area contributed by atoms with Crippen molar-refractivity contribution in [2.24, 2.45) is 0 Å². The fourth-order valence-corrected chi connectivity index (χ4v) is 1.93. The van der Waals surface area contributed by atoms with Crippen molar-refractivity contribution in [3.63, 3.8) is 0 Å². The van der Waals surface area contributed by atoms with E-state index in [0.717, 1.165) is 13.0 Å². The molecule has 2 nitrogen and oxygen atoms in total. The highest BCUT2D eigenvalue weighted by molar-refractivity contribution is 4.73. The summed E-state index contributed by atoms with van der Waals surface area (Å²) in [5, 5.41) is 3.72. The summed E-state index contributed by atoms with van der Waals surface area (Å²) in [7, 11) is 1.78. The van der Waals surface area contributed by atoms with Crippen molar-refractivity contribution in [3.8, 4) is 0 Å². The van der Waals surface area contributed by atoms with Gasteiger partial charge in [-0.1, -0.05) is 40.0 Å². The molecule has 0 saturated heterocycles. The molecule has 0 radical (unpaired) electrons. The Balaban J connectivity index is 3.87. The Labute approximate surface area is 95.8 Å². The van der Waals surface area contributed by atoms with Crippen molar-refractivity contribution in [2.45, 2.75) is 71.4 Å². The summed E-state index contributed by atoms with van der Waals surface area (Å²) < 4.78 is 5.22. The van der Waals surface area contributed by atoms with E-state index >= 15 is 0 Å². The summed E-state index contributed by atoms with van der Waals surface area (Å²) in [6, 6.07) is 1.22. The number of methoxy groups -OCH3 is 1. The third-order valence-electron chi connectivity index (χ3n) is 2.88.